The zero-order valence-electron chi connectivity index (χ0n) is 10.8. The molecule has 0 fully saturated rings. The molecule has 0 unspecified atom stereocenters. The fraction of sp³-hybridized carbons (Fsp3) is 0.0714. The number of hydrogen-bond acceptors (Lipinski definition) is 2. The van der Waals surface area contributed by atoms with Crippen LogP contribution in [0.2, 0.25) is 10.0 Å². The van der Waals surface area contributed by atoms with Crippen molar-refractivity contribution in [2.75, 3.05) is 11.1 Å². The number of anilines is 2. The molecular formula is C14H10Br2Cl2N2O. The molecule has 3 N–H and O–H groups in total. The minimum Gasteiger partial charge on any atom is -0.399 e. The molecule has 21 heavy (non-hydrogen) atoms. The Kier molecular flexibility index (Phi) is 5.20. The van der Waals surface area contributed by atoms with Gasteiger partial charge in [0.05, 0.1) is 21.3 Å². The SMILES string of the molecule is Cc1cc(Br)c(NC(=O)c2cc(N)cc(Cl)c2Cl)c(Br)c1. The van der Waals surface area contributed by atoms with Gasteiger partial charge in [0, 0.05) is 14.6 Å². The molecule has 2 rings (SSSR count). The van der Waals surface area contributed by atoms with Crippen LogP contribution in [-0.4, -0.2) is 5.91 Å². The largest absolute Gasteiger partial charge is 0.399 e. The molecule has 0 heterocycles. The maximum atomic E-state index is 12.4. The quantitative estimate of drug-likeness (QED) is 0.577. The molecule has 2 aromatic carbocycles. The van der Waals surface area contributed by atoms with Gasteiger partial charge < -0.3 is 11.1 Å². The Morgan fingerprint density at radius 1 is 1.14 bits per heavy atom. The molecule has 0 radical (unpaired) electrons. The Balaban J connectivity index is 2.40. The van der Waals surface area contributed by atoms with Crippen molar-refractivity contribution in [1.82, 2.24) is 0 Å². The maximum Gasteiger partial charge on any atom is 0.257 e. The van der Waals surface area contributed by atoms with Crippen molar-refractivity contribution in [3.8, 4) is 0 Å². The van der Waals surface area contributed by atoms with Gasteiger partial charge in [0.2, 0.25) is 0 Å². The molecule has 3 nitrogen and oxygen atoms in total. The van der Waals surface area contributed by atoms with Crippen molar-refractivity contribution >= 4 is 72.3 Å². The van der Waals surface area contributed by atoms with Crippen LogP contribution < -0.4 is 11.1 Å². The van der Waals surface area contributed by atoms with E-state index >= 15 is 0 Å². The number of nitrogens with two attached hydrogens (primary N) is 1. The first kappa shape index (κ1) is 16.6. The lowest BCUT2D eigenvalue weighted by Gasteiger charge is -2.12. The highest BCUT2D eigenvalue weighted by molar-refractivity contribution is 9.11. The van der Waals surface area contributed by atoms with Gasteiger partial charge in [0.15, 0.2) is 0 Å². The van der Waals surface area contributed by atoms with Crippen LogP contribution in [0.1, 0.15) is 15.9 Å². The van der Waals surface area contributed by atoms with Crippen LogP contribution in [0, 0.1) is 6.92 Å². The van der Waals surface area contributed by atoms with E-state index in [2.05, 4.69) is 37.2 Å². The summed E-state index contributed by atoms with van der Waals surface area (Å²) in [6, 6.07) is 6.78. The highest BCUT2D eigenvalue weighted by Crippen LogP contribution is 2.34. The summed E-state index contributed by atoms with van der Waals surface area (Å²) in [6.45, 7) is 1.95. The van der Waals surface area contributed by atoms with Gasteiger partial charge in [-0.1, -0.05) is 23.2 Å². The fourth-order valence-corrected chi connectivity index (χ4v) is 3.81. The lowest BCUT2D eigenvalue weighted by molar-refractivity contribution is 0.102. The molecule has 0 spiro atoms. The summed E-state index contributed by atoms with van der Waals surface area (Å²) < 4.78 is 1.52. The van der Waals surface area contributed by atoms with Crippen molar-refractivity contribution in [2.24, 2.45) is 0 Å². The molecular weight excluding hydrogens is 443 g/mol. The summed E-state index contributed by atoms with van der Waals surface area (Å²) >= 11 is 18.8. The monoisotopic (exact) mass is 450 g/mol. The molecule has 0 saturated carbocycles. The maximum absolute atomic E-state index is 12.4. The first-order valence-corrected chi connectivity index (χ1v) is 8.15. The number of amides is 1. The van der Waals surface area contributed by atoms with E-state index in [0.717, 1.165) is 14.5 Å². The minimum atomic E-state index is -0.389. The molecule has 0 aliphatic carbocycles. The predicted molar refractivity (Wildman–Crippen MR) is 95.4 cm³/mol. The van der Waals surface area contributed by atoms with Crippen LogP contribution in [0.15, 0.2) is 33.2 Å². The number of benzene rings is 2. The molecule has 0 atom stereocenters. The number of hydrogen-bond donors (Lipinski definition) is 2. The summed E-state index contributed by atoms with van der Waals surface area (Å²) in [5, 5.41) is 3.19. The molecule has 110 valence electrons. The van der Waals surface area contributed by atoms with Gasteiger partial charge in [0.25, 0.3) is 5.91 Å². The van der Waals surface area contributed by atoms with E-state index in [-0.39, 0.29) is 21.5 Å². The zero-order valence-corrected chi connectivity index (χ0v) is 15.5. The van der Waals surface area contributed by atoms with Crippen LogP contribution in [0.5, 0.6) is 0 Å². The Morgan fingerprint density at radius 2 is 1.71 bits per heavy atom. The third kappa shape index (κ3) is 3.72. The number of rotatable bonds is 2. The summed E-state index contributed by atoms with van der Waals surface area (Å²) in [6.07, 6.45) is 0. The lowest BCUT2D eigenvalue weighted by atomic mass is 10.1. The van der Waals surface area contributed by atoms with Crippen LogP contribution in [-0.2, 0) is 0 Å². The number of carbonyl (C=O) groups excluding carboxylic acids is 1. The number of nitrogens with one attached hydrogen (secondary N) is 1. The van der Waals surface area contributed by atoms with E-state index in [1.807, 2.05) is 19.1 Å². The van der Waals surface area contributed by atoms with Crippen LogP contribution in [0.3, 0.4) is 0 Å². The minimum absolute atomic E-state index is 0.169. The topological polar surface area (TPSA) is 55.1 Å². The first-order chi connectivity index (χ1) is 9.79. The second kappa shape index (κ2) is 6.57. The Hall–Kier alpha value is -0.750. The average molecular weight is 453 g/mol. The van der Waals surface area contributed by atoms with Crippen molar-refractivity contribution < 1.29 is 4.79 Å². The standard InChI is InChI=1S/C14H10Br2Cl2N2O/c1-6-2-9(15)13(10(16)3-6)20-14(21)8-4-7(19)5-11(17)12(8)18/h2-5H,19H2,1H3,(H,20,21). The average Bonchev–Trinajstić information content (AvgIpc) is 2.37. The van der Waals surface area contributed by atoms with Crippen molar-refractivity contribution in [3.05, 3.63) is 54.4 Å². The molecule has 0 aliphatic heterocycles. The smallest absolute Gasteiger partial charge is 0.257 e. The number of nitrogen functional groups attached to an aromatic ring is 1. The van der Waals surface area contributed by atoms with E-state index in [0.29, 0.717) is 11.4 Å². The molecule has 1 amide bonds. The van der Waals surface area contributed by atoms with Crippen molar-refractivity contribution in [1.29, 1.82) is 0 Å². The zero-order chi connectivity index (χ0) is 15.7. The van der Waals surface area contributed by atoms with E-state index in [1.165, 1.54) is 12.1 Å². The fourth-order valence-electron chi connectivity index (χ4n) is 1.78. The lowest BCUT2D eigenvalue weighted by Crippen LogP contribution is -2.14. The van der Waals surface area contributed by atoms with E-state index in [4.69, 9.17) is 28.9 Å². The van der Waals surface area contributed by atoms with Crippen LogP contribution in [0.4, 0.5) is 11.4 Å². The third-order valence-corrected chi connectivity index (χ3v) is 4.77. The molecule has 0 saturated heterocycles. The van der Waals surface area contributed by atoms with Gasteiger partial charge in [0.1, 0.15) is 0 Å². The Labute approximate surface area is 149 Å². The molecule has 0 aliphatic rings. The second-order valence-corrected chi connectivity index (χ2v) is 6.92. The molecule has 0 aromatic heterocycles. The van der Waals surface area contributed by atoms with Crippen LogP contribution >= 0.6 is 55.1 Å². The van der Waals surface area contributed by atoms with Gasteiger partial charge in [-0.3, -0.25) is 4.79 Å². The van der Waals surface area contributed by atoms with E-state index < -0.39 is 0 Å². The van der Waals surface area contributed by atoms with Crippen molar-refractivity contribution in [2.45, 2.75) is 6.92 Å². The molecule has 2 aromatic rings. The third-order valence-electron chi connectivity index (χ3n) is 2.72. The number of halogens is 4. The van der Waals surface area contributed by atoms with Crippen LogP contribution in [0.25, 0.3) is 0 Å². The van der Waals surface area contributed by atoms with Gasteiger partial charge in [-0.15, -0.1) is 0 Å². The first-order valence-electron chi connectivity index (χ1n) is 5.81. The summed E-state index contributed by atoms with van der Waals surface area (Å²) in [5.74, 6) is -0.389. The van der Waals surface area contributed by atoms with Gasteiger partial charge in [-0.05, 0) is 68.6 Å². The van der Waals surface area contributed by atoms with Crippen molar-refractivity contribution in [3.63, 3.8) is 0 Å². The molecule has 7 heteroatoms. The molecule has 0 bridgehead atoms. The van der Waals surface area contributed by atoms with E-state index in [1.54, 1.807) is 0 Å². The summed E-state index contributed by atoms with van der Waals surface area (Å²) in [4.78, 5) is 12.4. The van der Waals surface area contributed by atoms with Gasteiger partial charge >= 0.3 is 0 Å². The van der Waals surface area contributed by atoms with Gasteiger partial charge in [-0.25, -0.2) is 0 Å². The summed E-state index contributed by atoms with van der Waals surface area (Å²) in [7, 11) is 0. The Bertz CT molecular complexity index is 712. The highest BCUT2D eigenvalue weighted by Gasteiger charge is 2.17. The normalized spacial score (nSPS) is 10.5. The number of aryl methyl sites for hydroxylation is 1. The Morgan fingerprint density at radius 3 is 2.29 bits per heavy atom. The predicted octanol–water partition coefficient (Wildman–Crippen LogP) is 5.66. The number of carbonyl (C=O) groups is 1. The second-order valence-electron chi connectivity index (χ2n) is 4.42. The van der Waals surface area contributed by atoms with Gasteiger partial charge in [-0.2, -0.15) is 0 Å². The highest BCUT2D eigenvalue weighted by atomic mass is 79.9. The van der Waals surface area contributed by atoms with E-state index in [9.17, 15) is 4.79 Å². The summed E-state index contributed by atoms with van der Waals surface area (Å²) in [5.41, 5.74) is 7.96.